The summed E-state index contributed by atoms with van der Waals surface area (Å²) in [6.07, 6.45) is -0.831. The molecule has 1 heterocycles. The number of rotatable bonds is 6. The number of allylic oxidation sites excluding steroid dienone is 1. The maximum Gasteiger partial charge on any atom is 0.352 e. The Morgan fingerprint density at radius 3 is 2.37 bits per heavy atom. The van der Waals surface area contributed by atoms with Gasteiger partial charge in [0.25, 0.3) is 0 Å². The van der Waals surface area contributed by atoms with Crippen molar-refractivity contribution in [2.45, 2.75) is 38.7 Å². The Kier molecular flexibility index (Phi) is 6.99. The van der Waals surface area contributed by atoms with Gasteiger partial charge in [-0.3, -0.25) is 0 Å². The van der Waals surface area contributed by atoms with Gasteiger partial charge in [0, 0.05) is 16.7 Å². The van der Waals surface area contributed by atoms with Crippen molar-refractivity contribution in [3.05, 3.63) is 99.9 Å². The molecule has 0 amide bonds. The molecule has 0 fully saturated rings. The SMILES string of the molecule is CC(Oc1ccc(C(C)C)cc1)C(=O)Oc1ccc2c(c1)OC(N)=C(C#N)C2c1ccccc1Cl. The first kappa shape index (κ1) is 24.2. The van der Waals surface area contributed by atoms with Crippen LogP contribution in [0.15, 0.2) is 78.2 Å². The van der Waals surface area contributed by atoms with Gasteiger partial charge in [-0.2, -0.15) is 5.26 Å². The molecule has 2 atom stereocenters. The number of nitrogens with two attached hydrogens (primary N) is 1. The second-order valence-electron chi connectivity index (χ2n) is 8.55. The second-order valence-corrected chi connectivity index (χ2v) is 8.96. The molecule has 4 rings (SSSR count). The largest absolute Gasteiger partial charge is 0.479 e. The number of hydrogen-bond acceptors (Lipinski definition) is 6. The fourth-order valence-corrected chi connectivity index (χ4v) is 4.16. The van der Waals surface area contributed by atoms with Crippen LogP contribution in [-0.4, -0.2) is 12.1 Å². The summed E-state index contributed by atoms with van der Waals surface area (Å²) in [6.45, 7) is 5.85. The molecule has 2 N–H and O–H groups in total. The van der Waals surface area contributed by atoms with Crippen LogP contribution < -0.4 is 19.9 Å². The number of nitriles is 1. The molecule has 1 aliphatic rings. The van der Waals surface area contributed by atoms with E-state index in [9.17, 15) is 10.1 Å². The topological polar surface area (TPSA) is 94.6 Å². The molecule has 3 aromatic carbocycles. The molecule has 1 aliphatic heterocycles. The van der Waals surface area contributed by atoms with Crippen LogP contribution in [0.3, 0.4) is 0 Å². The Hall–Kier alpha value is -3.95. The van der Waals surface area contributed by atoms with Gasteiger partial charge in [0.15, 0.2) is 6.10 Å². The molecule has 0 spiro atoms. The smallest absolute Gasteiger partial charge is 0.352 e. The molecule has 3 aromatic rings. The van der Waals surface area contributed by atoms with Crippen LogP contribution in [0, 0.1) is 11.3 Å². The lowest BCUT2D eigenvalue weighted by Crippen LogP contribution is -2.28. The summed E-state index contributed by atoms with van der Waals surface area (Å²) in [5.41, 5.74) is 8.93. The zero-order chi connectivity index (χ0) is 25.1. The van der Waals surface area contributed by atoms with E-state index in [2.05, 4.69) is 19.9 Å². The molecule has 2 unspecified atom stereocenters. The first-order chi connectivity index (χ1) is 16.8. The third-order valence-corrected chi connectivity index (χ3v) is 6.16. The van der Waals surface area contributed by atoms with Crippen molar-refractivity contribution in [1.82, 2.24) is 0 Å². The second kappa shape index (κ2) is 10.1. The normalized spacial score (nSPS) is 15.6. The van der Waals surface area contributed by atoms with Gasteiger partial charge in [0.1, 0.15) is 28.9 Å². The summed E-state index contributed by atoms with van der Waals surface area (Å²) in [7, 11) is 0. The minimum atomic E-state index is -0.831. The van der Waals surface area contributed by atoms with Gasteiger partial charge in [0.2, 0.25) is 5.88 Å². The molecule has 7 heteroatoms. The Balaban J connectivity index is 1.54. The Morgan fingerprint density at radius 2 is 1.71 bits per heavy atom. The first-order valence-electron chi connectivity index (χ1n) is 11.2. The number of benzene rings is 3. The average Bonchev–Trinajstić information content (AvgIpc) is 2.84. The molecule has 35 heavy (non-hydrogen) atoms. The Labute approximate surface area is 209 Å². The molecule has 0 saturated heterocycles. The highest BCUT2D eigenvalue weighted by atomic mass is 35.5. The highest BCUT2D eigenvalue weighted by Crippen LogP contribution is 2.45. The molecule has 0 aliphatic carbocycles. The summed E-state index contributed by atoms with van der Waals surface area (Å²) >= 11 is 6.42. The van der Waals surface area contributed by atoms with Gasteiger partial charge in [-0.15, -0.1) is 0 Å². The van der Waals surface area contributed by atoms with Crippen molar-refractivity contribution in [3.63, 3.8) is 0 Å². The highest BCUT2D eigenvalue weighted by Gasteiger charge is 2.32. The van der Waals surface area contributed by atoms with Crippen molar-refractivity contribution in [2.75, 3.05) is 0 Å². The fraction of sp³-hybridized carbons (Fsp3) is 0.214. The summed E-state index contributed by atoms with van der Waals surface area (Å²) in [4.78, 5) is 12.7. The van der Waals surface area contributed by atoms with Gasteiger partial charge in [-0.1, -0.05) is 61.8 Å². The molecular formula is C28H25ClN2O4. The van der Waals surface area contributed by atoms with Gasteiger partial charge < -0.3 is 19.9 Å². The average molecular weight is 489 g/mol. The number of ether oxygens (including phenoxy) is 3. The van der Waals surface area contributed by atoms with Crippen LogP contribution in [0.1, 0.15) is 49.3 Å². The van der Waals surface area contributed by atoms with E-state index in [0.717, 1.165) is 5.56 Å². The van der Waals surface area contributed by atoms with Gasteiger partial charge >= 0.3 is 5.97 Å². The van der Waals surface area contributed by atoms with E-state index in [1.807, 2.05) is 42.5 Å². The van der Waals surface area contributed by atoms with Gasteiger partial charge in [0.05, 0.1) is 5.92 Å². The Bertz CT molecular complexity index is 1330. The zero-order valence-corrected chi connectivity index (χ0v) is 20.4. The fourth-order valence-electron chi connectivity index (χ4n) is 3.91. The van der Waals surface area contributed by atoms with Gasteiger partial charge in [-0.25, -0.2) is 4.79 Å². The summed E-state index contributed by atoms with van der Waals surface area (Å²) in [5.74, 6) is 0.561. The lowest BCUT2D eigenvalue weighted by atomic mass is 9.83. The number of carbonyl (C=O) groups excluding carboxylic acids is 1. The highest BCUT2D eigenvalue weighted by molar-refractivity contribution is 6.31. The van der Waals surface area contributed by atoms with E-state index in [0.29, 0.717) is 28.0 Å². The minimum absolute atomic E-state index is 0.0186. The van der Waals surface area contributed by atoms with E-state index in [1.165, 1.54) is 5.56 Å². The van der Waals surface area contributed by atoms with Crippen LogP contribution >= 0.6 is 11.6 Å². The minimum Gasteiger partial charge on any atom is -0.479 e. The van der Waals surface area contributed by atoms with Gasteiger partial charge in [-0.05, 0) is 48.2 Å². The predicted molar refractivity (Wildman–Crippen MR) is 133 cm³/mol. The Morgan fingerprint density at radius 1 is 1.03 bits per heavy atom. The number of esters is 1. The van der Waals surface area contributed by atoms with E-state index in [-0.39, 0.29) is 17.2 Å². The third-order valence-electron chi connectivity index (χ3n) is 5.82. The van der Waals surface area contributed by atoms with E-state index >= 15 is 0 Å². The number of carbonyl (C=O) groups is 1. The number of fused-ring (bicyclic) bond motifs is 1. The van der Waals surface area contributed by atoms with Crippen molar-refractivity contribution in [3.8, 4) is 23.3 Å². The summed E-state index contributed by atoms with van der Waals surface area (Å²) in [6, 6.07) is 22.0. The van der Waals surface area contributed by atoms with E-state index in [4.69, 9.17) is 31.5 Å². The number of nitrogens with zero attached hydrogens (tertiary/aromatic N) is 1. The van der Waals surface area contributed by atoms with Crippen molar-refractivity contribution >= 4 is 17.6 Å². The number of halogens is 1. The first-order valence-corrected chi connectivity index (χ1v) is 11.6. The standard InChI is InChI=1S/C28H25ClN2O4/c1-16(2)18-8-10-19(11-9-18)33-17(3)28(32)34-20-12-13-22-25(14-20)35-27(31)23(15-30)26(22)21-6-4-5-7-24(21)29/h4-14,16-17,26H,31H2,1-3H3. The maximum absolute atomic E-state index is 12.7. The molecule has 0 aromatic heterocycles. The van der Waals surface area contributed by atoms with Crippen LogP contribution in [0.2, 0.25) is 5.02 Å². The monoisotopic (exact) mass is 488 g/mol. The van der Waals surface area contributed by atoms with Crippen molar-refractivity contribution in [1.29, 1.82) is 5.26 Å². The molecule has 0 bridgehead atoms. The van der Waals surface area contributed by atoms with Crippen molar-refractivity contribution in [2.24, 2.45) is 5.73 Å². The quantitative estimate of drug-likeness (QED) is 0.335. The molecular weight excluding hydrogens is 464 g/mol. The predicted octanol–water partition coefficient (Wildman–Crippen LogP) is 6.05. The van der Waals surface area contributed by atoms with Crippen LogP contribution in [0.5, 0.6) is 17.2 Å². The van der Waals surface area contributed by atoms with E-state index in [1.54, 1.807) is 31.2 Å². The van der Waals surface area contributed by atoms with Crippen LogP contribution in [0.25, 0.3) is 0 Å². The van der Waals surface area contributed by atoms with Crippen LogP contribution in [0.4, 0.5) is 0 Å². The molecule has 0 saturated carbocycles. The summed E-state index contributed by atoms with van der Waals surface area (Å²) < 4.78 is 17.0. The molecule has 0 radical (unpaired) electrons. The molecule has 6 nitrogen and oxygen atoms in total. The van der Waals surface area contributed by atoms with Crippen LogP contribution in [-0.2, 0) is 4.79 Å². The lowest BCUT2D eigenvalue weighted by molar-refractivity contribution is -0.141. The zero-order valence-electron chi connectivity index (χ0n) is 19.6. The third kappa shape index (κ3) is 5.11. The number of hydrogen-bond donors (Lipinski definition) is 1. The lowest BCUT2D eigenvalue weighted by Gasteiger charge is -2.27. The maximum atomic E-state index is 12.7. The molecule has 178 valence electrons. The van der Waals surface area contributed by atoms with Crippen molar-refractivity contribution < 1.29 is 19.0 Å². The summed E-state index contributed by atoms with van der Waals surface area (Å²) in [5, 5.41) is 10.2. The van der Waals surface area contributed by atoms with E-state index < -0.39 is 18.0 Å².